The molecule has 2 rings (SSSR count). The van der Waals surface area contributed by atoms with Crippen molar-refractivity contribution in [2.75, 3.05) is 13.7 Å². The SMILES string of the molecule is COc1ccc(C=NN=C2NC(=O)C(CC(=O)O)S2)cc1OCC#N. The van der Waals surface area contributed by atoms with Crippen molar-refractivity contribution in [3.63, 3.8) is 0 Å². The molecule has 1 aliphatic heterocycles. The van der Waals surface area contributed by atoms with Crippen molar-refractivity contribution in [3.05, 3.63) is 23.8 Å². The Morgan fingerprint density at radius 1 is 1.52 bits per heavy atom. The number of ether oxygens (including phenoxy) is 2. The van der Waals surface area contributed by atoms with Crippen molar-refractivity contribution < 1.29 is 24.2 Å². The Hall–Kier alpha value is -3.06. The van der Waals surface area contributed by atoms with Crippen LogP contribution in [0.25, 0.3) is 0 Å². The van der Waals surface area contributed by atoms with Crippen LogP contribution in [0.1, 0.15) is 12.0 Å². The minimum Gasteiger partial charge on any atom is -0.493 e. The van der Waals surface area contributed by atoms with E-state index in [2.05, 4.69) is 15.5 Å². The lowest BCUT2D eigenvalue weighted by Gasteiger charge is -2.08. The summed E-state index contributed by atoms with van der Waals surface area (Å²) in [5, 5.41) is 27.0. The van der Waals surface area contributed by atoms with Gasteiger partial charge in [-0.3, -0.25) is 9.59 Å². The number of nitriles is 1. The van der Waals surface area contributed by atoms with Crippen LogP contribution in [0.4, 0.5) is 0 Å². The number of carbonyl (C=O) groups excluding carboxylic acids is 1. The van der Waals surface area contributed by atoms with E-state index < -0.39 is 17.1 Å². The smallest absolute Gasteiger partial charge is 0.305 e. The van der Waals surface area contributed by atoms with Gasteiger partial charge in [0.2, 0.25) is 5.91 Å². The molecule has 1 aliphatic rings. The molecule has 0 aromatic heterocycles. The van der Waals surface area contributed by atoms with Crippen molar-refractivity contribution in [1.29, 1.82) is 5.26 Å². The van der Waals surface area contributed by atoms with Crippen molar-refractivity contribution in [2.24, 2.45) is 10.2 Å². The van der Waals surface area contributed by atoms with E-state index in [4.69, 9.17) is 19.8 Å². The van der Waals surface area contributed by atoms with Crippen molar-refractivity contribution in [2.45, 2.75) is 11.7 Å². The third-order valence-corrected chi connectivity index (χ3v) is 4.04. The zero-order chi connectivity index (χ0) is 18.2. The van der Waals surface area contributed by atoms with Gasteiger partial charge in [0, 0.05) is 0 Å². The maximum Gasteiger partial charge on any atom is 0.305 e. The highest BCUT2D eigenvalue weighted by atomic mass is 32.2. The largest absolute Gasteiger partial charge is 0.493 e. The summed E-state index contributed by atoms with van der Waals surface area (Å²) in [5.41, 5.74) is 0.648. The molecule has 1 aromatic carbocycles. The van der Waals surface area contributed by atoms with Crippen LogP contribution in [0, 0.1) is 11.3 Å². The first-order valence-electron chi connectivity index (χ1n) is 7.01. The monoisotopic (exact) mass is 362 g/mol. The highest BCUT2D eigenvalue weighted by molar-refractivity contribution is 8.15. The topological polar surface area (TPSA) is 133 Å². The second kappa shape index (κ2) is 8.70. The van der Waals surface area contributed by atoms with E-state index in [1.165, 1.54) is 13.3 Å². The second-order valence-corrected chi connectivity index (χ2v) is 5.89. The Balaban J connectivity index is 2.05. The molecular weight excluding hydrogens is 348 g/mol. The molecule has 1 saturated heterocycles. The Labute approximate surface area is 147 Å². The summed E-state index contributed by atoms with van der Waals surface area (Å²) in [4.78, 5) is 22.2. The third-order valence-electron chi connectivity index (χ3n) is 2.97. The molecule has 25 heavy (non-hydrogen) atoms. The number of amidine groups is 1. The molecule has 0 aliphatic carbocycles. The number of carboxylic acid groups (broad SMARTS) is 1. The maximum absolute atomic E-state index is 11.6. The fraction of sp³-hybridized carbons (Fsp3) is 0.267. The second-order valence-electron chi connectivity index (χ2n) is 4.70. The number of aliphatic carboxylic acids is 1. The number of amides is 1. The molecule has 1 fully saturated rings. The van der Waals surface area contributed by atoms with Crippen molar-refractivity contribution in [3.8, 4) is 17.6 Å². The number of rotatable bonds is 7. The number of carbonyl (C=O) groups is 2. The number of hydrogen-bond donors (Lipinski definition) is 2. The number of hydrogen-bond acceptors (Lipinski definition) is 8. The van der Waals surface area contributed by atoms with Crippen LogP contribution in [0.5, 0.6) is 11.5 Å². The lowest BCUT2D eigenvalue weighted by Crippen LogP contribution is -2.26. The maximum atomic E-state index is 11.6. The lowest BCUT2D eigenvalue weighted by molar-refractivity contribution is -0.138. The Morgan fingerprint density at radius 2 is 2.32 bits per heavy atom. The molecular formula is C15H14N4O5S. The van der Waals surface area contributed by atoms with Crippen LogP contribution in [-0.2, 0) is 9.59 Å². The van der Waals surface area contributed by atoms with Gasteiger partial charge >= 0.3 is 5.97 Å². The number of benzene rings is 1. The number of carboxylic acids is 1. The van der Waals surface area contributed by atoms with Gasteiger partial charge in [-0.05, 0) is 23.8 Å². The van der Waals surface area contributed by atoms with Gasteiger partial charge in [0.05, 0.1) is 19.7 Å². The predicted molar refractivity (Wildman–Crippen MR) is 90.9 cm³/mol. The normalized spacial score (nSPS) is 18.2. The van der Waals surface area contributed by atoms with Crippen LogP contribution in [0.3, 0.4) is 0 Å². The van der Waals surface area contributed by atoms with Gasteiger partial charge in [-0.1, -0.05) is 11.8 Å². The summed E-state index contributed by atoms with van der Waals surface area (Å²) in [6.45, 7) is -0.118. The van der Waals surface area contributed by atoms with E-state index in [9.17, 15) is 9.59 Å². The van der Waals surface area contributed by atoms with Crippen LogP contribution >= 0.6 is 11.8 Å². The van der Waals surface area contributed by atoms with Crippen LogP contribution < -0.4 is 14.8 Å². The van der Waals surface area contributed by atoms with Gasteiger partial charge < -0.3 is 19.9 Å². The lowest BCUT2D eigenvalue weighted by atomic mass is 10.2. The molecule has 1 aromatic rings. The van der Waals surface area contributed by atoms with Crippen LogP contribution in [0.2, 0.25) is 0 Å². The Morgan fingerprint density at radius 3 is 3.00 bits per heavy atom. The van der Waals surface area contributed by atoms with E-state index in [0.29, 0.717) is 17.1 Å². The number of methoxy groups -OCH3 is 1. The van der Waals surface area contributed by atoms with Gasteiger partial charge in [0.15, 0.2) is 23.3 Å². The summed E-state index contributed by atoms with van der Waals surface area (Å²) in [5.74, 6) is -0.585. The fourth-order valence-corrected chi connectivity index (χ4v) is 2.80. The van der Waals surface area contributed by atoms with Gasteiger partial charge in [-0.25, -0.2) is 0 Å². The molecule has 2 N–H and O–H groups in total. The molecule has 1 heterocycles. The standard InChI is InChI=1S/C15H14N4O5S/c1-23-10-3-2-9(6-11(10)24-5-4-16)8-17-19-15-18-14(22)12(25-15)7-13(20)21/h2-3,6,8,12H,5,7H2,1H3,(H,20,21)(H,18,19,22). The molecule has 0 radical (unpaired) electrons. The fourth-order valence-electron chi connectivity index (χ4n) is 1.89. The minimum atomic E-state index is -1.06. The molecule has 0 spiro atoms. The first-order chi connectivity index (χ1) is 12.0. The molecule has 9 nitrogen and oxygen atoms in total. The van der Waals surface area contributed by atoms with Gasteiger partial charge in [-0.2, -0.15) is 10.4 Å². The molecule has 0 saturated carbocycles. The van der Waals surface area contributed by atoms with Gasteiger partial charge in [-0.15, -0.1) is 5.10 Å². The van der Waals surface area contributed by atoms with Crippen molar-refractivity contribution >= 4 is 35.0 Å². The van der Waals surface area contributed by atoms with E-state index in [0.717, 1.165) is 11.8 Å². The Bertz CT molecular complexity index is 772. The first kappa shape index (κ1) is 18.3. The summed E-state index contributed by atoms with van der Waals surface area (Å²) < 4.78 is 10.4. The quantitative estimate of drug-likeness (QED) is 0.546. The summed E-state index contributed by atoms with van der Waals surface area (Å²) >= 11 is 1.02. The Kier molecular flexibility index (Phi) is 6.36. The molecule has 10 heteroatoms. The predicted octanol–water partition coefficient (Wildman–Crippen LogP) is 0.994. The third kappa shape index (κ3) is 5.22. The van der Waals surface area contributed by atoms with E-state index in [1.54, 1.807) is 18.2 Å². The highest BCUT2D eigenvalue weighted by Gasteiger charge is 2.32. The summed E-state index contributed by atoms with van der Waals surface area (Å²) in [7, 11) is 1.49. The average molecular weight is 362 g/mol. The van der Waals surface area contributed by atoms with Crippen LogP contribution in [0.15, 0.2) is 28.4 Å². The first-order valence-corrected chi connectivity index (χ1v) is 7.89. The number of nitrogens with one attached hydrogen (secondary N) is 1. The molecule has 0 bridgehead atoms. The number of nitrogens with zero attached hydrogens (tertiary/aromatic N) is 3. The zero-order valence-electron chi connectivity index (χ0n) is 13.1. The average Bonchev–Trinajstić information content (AvgIpc) is 2.92. The van der Waals surface area contributed by atoms with E-state index in [-0.39, 0.29) is 18.2 Å². The minimum absolute atomic E-state index is 0.118. The summed E-state index contributed by atoms with van der Waals surface area (Å²) in [6.07, 6.45) is 1.15. The molecule has 1 atom stereocenters. The molecule has 1 unspecified atom stereocenters. The van der Waals surface area contributed by atoms with Gasteiger partial charge in [0.25, 0.3) is 0 Å². The van der Waals surface area contributed by atoms with E-state index in [1.807, 2.05) is 6.07 Å². The number of thioether (sulfide) groups is 1. The van der Waals surface area contributed by atoms with Crippen molar-refractivity contribution in [1.82, 2.24) is 5.32 Å². The highest BCUT2D eigenvalue weighted by Crippen LogP contribution is 2.27. The molecule has 130 valence electrons. The molecule has 1 amide bonds. The van der Waals surface area contributed by atoms with E-state index >= 15 is 0 Å². The van der Waals surface area contributed by atoms with Gasteiger partial charge in [0.1, 0.15) is 11.3 Å². The van der Waals surface area contributed by atoms with Crippen LogP contribution in [-0.4, -0.2) is 47.3 Å². The summed E-state index contributed by atoms with van der Waals surface area (Å²) in [6, 6.07) is 6.88. The zero-order valence-corrected chi connectivity index (χ0v) is 13.9.